The molecule has 0 saturated carbocycles. The number of rotatable bonds is 3. The van der Waals surface area contributed by atoms with Crippen LogP contribution >= 0.6 is 0 Å². The number of carbonyl (C=O) groups is 2. The molecule has 0 aliphatic heterocycles. The van der Waals surface area contributed by atoms with E-state index >= 15 is 0 Å². The van der Waals surface area contributed by atoms with Crippen molar-refractivity contribution in [3.05, 3.63) is 0 Å². The topological polar surface area (TPSA) is 81.4 Å². The van der Waals surface area contributed by atoms with E-state index in [1.54, 1.807) is 27.7 Å². The van der Waals surface area contributed by atoms with Crippen molar-refractivity contribution in [3.63, 3.8) is 0 Å². The van der Waals surface area contributed by atoms with Crippen molar-refractivity contribution in [2.75, 3.05) is 6.54 Å². The van der Waals surface area contributed by atoms with E-state index in [0.29, 0.717) is 0 Å². The highest BCUT2D eigenvalue weighted by atomic mass is 16.6. The monoisotopic (exact) mass is 202 g/mol. The summed E-state index contributed by atoms with van der Waals surface area (Å²) in [6.45, 7) is 6.69. The van der Waals surface area contributed by atoms with Gasteiger partial charge in [0.15, 0.2) is 0 Å². The van der Waals surface area contributed by atoms with Gasteiger partial charge in [-0.15, -0.1) is 0 Å². The van der Waals surface area contributed by atoms with E-state index in [1.807, 2.05) is 0 Å². The lowest BCUT2D eigenvalue weighted by Crippen LogP contribution is -2.42. The van der Waals surface area contributed by atoms with Gasteiger partial charge in [0.1, 0.15) is 12.1 Å². The van der Waals surface area contributed by atoms with E-state index < -0.39 is 17.6 Å². The van der Waals surface area contributed by atoms with E-state index in [-0.39, 0.29) is 12.5 Å². The van der Waals surface area contributed by atoms with Gasteiger partial charge >= 0.3 is 5.97 Å². The zero-order valence-corrected chi connectivity index (χ0v) is 9.09. The van der Waals surface area contributed by atoms with Gasteiger partial charge in [0.25, 0.3) is 0 Å². The third kappa shape index (κ3) is 6.42. The molecule has 0 aromatic carbocycles. The van der Waals surface area contributed by atoms with E-state index in [0.717, 1.165) is 0 Å². The van der Waals surface area contributed by atoms with Crippen molar-refractivity contribution in [2.45, 2.75) is 39.3 Å². The number of amides is 1. The minimum atomic E-state index is -0.613. The summed E-state index contributed by atoms with van der Waals surface area (Å²) >= 11 is 0. The molecule has 0 bridgehead atoms. The molecule has 0 aliphatic rings. The molecule has 0 rings (SSSR count). The molecule has 82 valence electrons. The SMILES string of the molecule is CC(N)C(=O)NCC(=O)OC(C)(C)C. The van der Waals surface area contributed by atoms with Crippen molar-refractivity contribution in [1.29, 1.82) is 0 Å². The molecule has 3 N–H and O–H groups in total. The van der Waals surface area contributed by atoms with Gasteiger partial charge < -0.3 is 15.8 Å². The molecule has 5 nitrogen and oxygen atoms in total. The molecule has 1 unspecified atom stereocenters. The average Bonchev–Trinajstić information content (AvgIpc) is 1.96. The smallest absolute Gasteiger partial charge is 0.325 e. The van der Waals surface area contributed by atoms with Crippen molar-refractivity contribution in [3.8, 4) is 0 Å². The number of esters is 1. The quantitative estimate of drug-likeness (QED) is 0.620. The Morgan fingerprint density at radius 2 is 1.93 bits per heavy atom. The fraction of sp³-hybridized carbons (Fsp3) is 0.778. The Hall–Kier alpha value is -1.10. The lowest BCUT2D eigenvalue weighted by Gasteiger charge is -2.19. The fourth-order valence-electron chi connectivity index (χ4n) is 0.698. The van der Waals surface area contributed by atoms with Crippen LogP contribution in [-0.2, 0) is 14.3 Å². The maximum atomic E-state index is 11.1. The van der Waals surface area contributed by atoms with Crippen LogP contribution in [0, 0.1) is 0 Å². The molecular weight excluding hydrogens is 184 g/mol. The van der Waals surface area contributed by atoms with Crippen LogP contribution in [0.4, 0.5) is 0 Å². The Labute approximate surface area is 84.0 Å². The van der Waals surface area contributed by atoms with Crippen LogP contribution in [0.3, 0.4) is 0 Å². The summed E-state index contributed by atoms with van der Waals surface area (Å²) < 4.78 is 4.97. The molecule has 14 heavy (non-hydrogen) atoms. The Morgan fingerprint density at radius 3 is 2.29 bits per heavy atom. The summed E-state index contributed by atoms with van der Waals surface area (Å²) in [4.78, 5) is 22.1. The van der Waals surface area contributed by atoms with Gasteiger partial charge in [0.2, 0.25) is 5.91 Å². The van der Waals surface area contributed by atoms with Crippen molar-refractivity contribution in [2.24, 2.45) is 5.73 Å². The highest BCUT2D eigenvalue weighted by Gasteiger charge is 2.17. The first-order chi connectivity index (χ1) is 6.22. The van der Waals surface area contributed by atoms with Crippen LogP contribution < -0.4 is 11.1 Å². The maximum absolute atomic E-state index is 11.1. The standard InChI is InChI=1S/C9H18N2O3/c1-6(10)8(13)11-5-7(12)14-9(2,3)4/h6H,5,10H2,1-4H3,(H,11,13). The summed E-state index contributed by atoms with van der Waals surface area (Å²) in [6, 6.07) is -0.613. The third-order valence-corrected chi connectivity index (χ3v) is 1.24. The average molecular weight is 202 g/mol. The molecule has 1 atom stereocenters. The van der Waals surface area contributed by atoms with Crippen LogP contribution in [0.25, 0.3) is 0 Å². The van der Waals surface area contributed by atoms with Crippen LogP contribution in [0.2, 0.25) is 0 Å². The van der Waals surface area contributed by atoms with Gasteiger partial charge in [-0.2, -0.15) is 0 Å². The Bertz CT molecular complexity index is 219. The predicted octanol–water partition coefficient (Wildman–Crippen LogP) is -0.208. The lowest BCUT2D eigenvalue weighted by atomic mass is 10.2. The zero-order chi connectivity index (χ0) is 11.4. The molecule has 5 heteroatoms. The lowest BCUT2D eigenvalue weighted by molar-refractivity contribution is -0.154. The molecular formula is C9H18N2O3. The molecule has 0 aliphatic carbocycles. The predicted molar refractivity (Wildman–Crippen MR) is 52.5 cm³/mol. The largest absolute Gasteiger partial charge is 0.459 e. The van der Waals surface area contributed by atoms with Gasteiger partial charge in [-0.1, -0.05) is 0 Å². The first-order valence-electron chi connectivity index (χ1n) is 4.47. The van der Waals surface area contributed by atoms with E-state index in [1.165, 1.54) is 0 Å². The van der Waals surface area contributed by atoms with Crippen LogP contribution in [0.15, 0.2) is 0 Å². The molecule has 0 aromatic heterocycles. The van der Waals surface area contributed by atoms with Crippen LogP contribution in [0.5, 0.6) is 0 Å². The summed E-state index contributed by atoms with van der Waals surface area (Å²) in [5, 5.41) is 2.37. The fourth-order valence-corrected chi connectivity index (χ4v) is 0.698. The molecule has 0 spiro atoms. The van der Waals surface area contributed by atoms with Crippen molar-refractivity contribution >= 4 is 11.9 Å². The second kappa shape index (κ2) is 4.95. The normalized spacial score (nSPS) is 13.2. The highest BCUT2D eigenvalue weighted by molar-refractivity contribution is 5.85. The second-order valence-electron chi connectivity index (χ2n) is 4.09. The van der Waals surface area contributed by atoms with Gasteiger partial charge in [-0.3, -0.25) is 9.59 Å². The summed E-state index contributed by atoms with van der Waals surface area (Å²) in [7, 11) is 0. The Kier molecular flexibility index (Phi) is 4.56. The summed E-state index contributed by atoms with van der Waals surface area (Å²) in [5.41, 5.74) is 4.75. The van der Waals surface area contributed by atoms with E-state index in [4.69, 9.17) is 10.5 Å². The number of hydrogen-bond donors (Lipinski definition) is 2. The molecule has 0 saturated heterocycles. The van der Waals surface area contributed by atoms with E-state index in [2.05, 4.69) is 5.32 Å². The van der Waals surface area contributed by atoms with Crippen molar-refractivity contribution < 1.29 is 14.3 Å². The number of hydrogen-bond acceptors (Lipinski definition) is 4. The van der Waals surface area contributed by atoms with Crippen molar-refractivity contribution in [1.82, 2.24) is 5.32 Å². The first kappa shape index (κ1) is 12.9. The Morgan fingerprint density at radius 1 is 1.43 bits per heavy atom. The summed E-state index contributed by atoms with van der Waals surface area (Å²) in [6.07, 6.45) is 0. The Balaban J connectivity index is 3.81. The molecule has 0 heterocycles. The maximum Gasteiger partial charge on any atom is 0.325 e. The third-order valence-electron chi connectivity index (χ3n) is 1.24. The molecule has 1 amide bonds. The second-order valence-corrected chi connectivity index (χ2v) is 4.09. The summed E-state index contributed by atoms with van der Waals surface area (Å²) in [5.74, 6) is -0.831. The van der Waals surface area contributed by atoms with Gasteiger partial charge in [-0.05, 0) is 27.7 Å². The zero-order valence-electron chi connectivity index (χ0n) is 9.09. The molecule has 0 radical (unpaired) electrons. The van der Waals surface area contributed by atoms with Gasteiger partial charge in [0, 0.05) is 0 Å². The number of nitrogens with one attached hydrogen (secondary N) is 1. The minimum absolute atomic E-state index is 0.141. The molecule has 0 fully saturated rings. The van der Waals surface area contributed by atoms with E-state index in [9.17, 15) is 9.59 Å². The number of carbonyl (C=O) groups excluding carboxylic acids is 2. The number of nitrogens with two attached hydrogens (primary N) is 1. The first-order valence-corrected chi connectivity index (χ1v) is 4.47. The van der Waals surface area contributed by atoms with Gasteiger partial charge in [0.05, 0.1) is 6.04 Å². The van der Waals surface area contributed by atoms with Gasteiger partial charge in [-0.25, -0.2) is 0 Å². The number of ether oxygens (including phenoxy) is 1. The highest BCUT2D eigenvalue weighted by Crippen LogP contribution is 2.05. The van der Waals surface area contributed by atoms with Crippen LogP contribution in [0.1, 0.15) is 27.7 Å². The minimum Gasteiger partial charge on any atom is -0.459 e. The van der Waals surface area contributed by atoms with Crippen LogP contribution in [-0.4, -0.2) is 30.1 Å². The molecule has 0 aromatic rings.